The van der Waals surface area contributed by atoms with Gasteiger partial charge in [0.25, 0.3) is 5.91 Å². The first-order valence-corrected chi connectivity index (χ1v) is 8.44. The van der Waals surface area contributed by atoms with Gasteiger partial charge in [0, 0.05) is 23.1 Å². The van der Waals surface area contributed by atoms with Crippen LogP contribution in [0.4, 0.5) is 0 Å². The van der Waals surface area contributed by atoms with E-state index in [2.05, 4.69) is 5.32 Å². The first-order valence-electron chi connectivity index (χ1n) is 7.68. The number of nitrogens with one attached hydrogen (secondary N) is 1. The lowest BCUT2D eigenvalue weighted by molar-refractivity contribution is -0.146. The van der Waals surface area contributed by atoms with Crippen LogP contribution in [-0.2, 0) is 16.0 Å². The zero-order valence-electron chi connectivity index (χ0n) is 12.6. The molecule has 0 bridgehead atoms. The van der Waals surface area contributed by atoms with Gasteiger partial charge in [0.15, 0.2) is 0 Å². The molecule has 2 aliphatic rings. The van der Waals surface area contributed by atoms with Gasteiger partial charge >= 0.3 is 0 Å². The molecule has 0 aliphatic carbocycles. The van der Waals surface area contributed by atoms with Crippen LogP contribution in [0.2, 0.25) is 10.0 Å². The van der Waals surface area contributed by atoms with Crippen molar-refractivity contribution in [3.8, 4) is 0 Å². The second-order valence-corrected chi connectivity index (χ2v) is 6.66. The minimum absolute atomic E-state index is 0.0548. The predicted molar refractivity (Wildman–Crippen MR) is 87.5 cm³/mol. The molecule has 2 aliphatic heterocycles. The fraction of sp³-hybridized carbons (Fsp3) is 0.562. The quantitative estimate of drug-likeness (QED) is 0.853. The second kappa shape index (κ2) is 6.75. The molecule has 4 nitrogen and oxygen atoms in total. The topological polar surface area (TPSA) is 41.6 Å². The number of benzene rings is 1. The van der Waals surface area contributed by atoms with Gasteiger partial charge in [-0.1, -0.05) is 23.2 Å². The maximum absolute atomic E-state index is 12.8. The summed E-state index contributed by atoms with van der Waals surface area (Å²) in [7, 11) is 0. The number of rotatable bonds is 1. The summed E-state index contributed by atoms with van der Waals surface area (Å²) in [4.78, 5) is 14.7. The van der Waals surface area contributed by atoms with E-state index in [1.807, 2.05) is 17.9 Å². The average Bonchev–Trinajstić information content (AvgIpc) is 2.75. The van der Waals surface area contributed by atoms with Crippen molar-refractivity contribution in [1.29, 1.82) is 0 Å². The molecule has 1 aromatic rings. The standard InChI is InChI=1S/C16H20Cl2N2O2/c1-10-15-11(8-12(17)9-13(15)18)3-6-20(10)16(21)14-2-4-19-5-7-22-14/h8-10,14,19H,2-7H2,1H3/t10-,14?/m0/s1. The number of nitrogens with zero attached hydrogens (tertiary/aromatic N) is 1. The van der Waals surface area contributed by atoms with Crippen LogP contribution in [0.1, 0.15) is 30.5 Å². The van der Waals surface area contributed by atoms with Gasteiger partial charge < -0.3 is 15.0 Å². The number of carbonyl (C=O) groups is 1. The van der Waals surface area contributed by atoms with E-state index in [1.165, 1.54) is 0 Å². The number of fused-ring (bicyclic) bond motifs is 1. The summed E-state index contributed by atoms with van der Waals surface area (Å²) >= 11 is 12.4. The normalized spacial score (nSPS) is 25.5. The highest BCUT2D eigenvalue weighted by atomic mass is 35.5. The Balaban J connectivity index is 1.82. The van der Waals surface area contributed by atoms with E-state index in [1.54, 1.807) is 6.07 Å². The van der Waals surface area contributed by atoms with Gasteiger partial charge in [0.05, 0.1) is 12.6 Å². The fourth-order valence-corrected chi connectivity index (χ4v) is 3.99. The minimum Gasteiger partial charge on any atom is -0.367 e. The Hall–Kier alpha value is -0.810. The van der Waals surface area contributed by atoms with Crippen LogP contribution in [0.15, 0.2) is 12.1 Å². The summed E-state index contributed by atoms with van der Waals surface area (Å²) in [5.74, 6) is 0.0628. The Kier molecular flexibility index (Phi) is 4.93. The number of amides is 1. The number of hydrogen-bond donors (Lipinski definition) is 1. The molecule has 0 spiro atoms. The molecule has 0 radical (unpaired) electrons. The highest BCUT2D eigenvalue weighted by Crippen LogP contribution is 2.37. The van der Waals surface area contributed by atoms with Crippen LogP contribution >= 0.6 is 23.2 Å². The Morgan fingerprint density at radius 1 is 1.36 bits per heavy atom. The van der Waals surface area contributed by atoms with Crippen molar-refractivity contribution in [3.63, 3.8) is 0 Å². The summed E-state index contributed by atoms with van der Waals surface area (Å²) in [6, 6.07) is 3.65. The summed E-state index contributed by atoms with van der Waals surface area (Å²) in [6.07, 6.45) is 1.13. The maximum Gasteiger partial charge on any atom is 0.252 e. The van der Waals surface area contributed by atoms with Crippen molar-refractivity contribution in [2.24, 2.45) is 0 Å². The monoisotopic (exact) mass is 342 g/mol. The van der Waals surface area contributed by atoms with Crippen molar-refractivity contribution in [3.05, 3.63) is 33.3 Å². The number of halogens is 2. The summed E-state index contributed by atoms with van der Waals surface area (Å²) in [6.45, 7) is 4.88. The van der Waals surface area contributed by atoms with E-state index < -0.39 is 0 Å². The van der Waals surface area contributed by atoms with E-state index in [-0.39, 0.29) is 18.1 Å². The van der Waals surface area contributed by atoms with Crippen molar-refractivity contribution in [2.45, 2.75) is 31.9 Å². The largest absolute Gasteiger partial charge is 0.367 e. The molecule has 0 saturated carbocycles. The highest BCUT2D eigenvalue weighted by molar-refractivity contribution is 6.35. The zero-order chi connectivity index (χ0) is 15.7. The van der Waals surface area contributed by atoms with E-state index in [4.69, 9.17) is 27.9 Å². The SMILES string of the molecule is C[C@H]1c2c(Cl)cc(Cl)cc2CCN1C(=O)C1CCNCCO1. The second-order valence-electron chi connectivity index (χ2n) is 5.82. The highest BCUT2D eigenvalue weighted by Gasteiger charge is 2.34. The molecule has 1 unspecified atom stereocenters. The Morgan fingerprint density at radius 2 is 2.18 bits per heavy atom. The van der Waals surface area contributed by atoms with Gasteiger partial charge in [-0.15, -0.1) is 0 Å². The number of carbonyl (C=O) groups excluding carboxylic acids is 1. The molecular weight excluding hydrogens is 323 g/mol. The molecule has 2 atom stereocenters. The molecule has 3 rings (SSSR count). The first kappa shape index (κ1) is 16.1. The predicted octanol–water partition coefficient (Wildman–Crippen LogP) is 2.82. The fourth-order valence-electron chi connectivity index (χ4n) is 3.30. The third-order valence-corrected chi connectivity index (χ3v) is 4.96. The summed E-state index contributed by atoms with van der Waals surface area (Å²) < 4.78 is 5.70. The first-order chi connectivity index (χ1) is 10.6. The molecule has 1 saturated heterocycles. The van der Waals surface area contributed by atoms with Crippen LogP contribution in [0, 0.1) is 0 Å². The van der Waals surface area contributed by atoms with Crippen molar-refractivity contribution in [1.82, 2.24) is 10.2 Å². The third kappa shape index (κ3) is 3.11. The number of hydrogen-bond acceptors (Lipinski definition) is 3. The Bertz CT molecular complexity index is 572. The number of ether oxygens (including phenoxy) is 1. The van der Waals surface area contributed by atoms with E-state index in [0.717, 1.165) is 30.6 Å². The van der Waals surface area contributed by atoms with Crippen LogP contribution in [0.3, 0.4) is 0 Å². The molecule has 6 heteroatoms. The van der Waals surface area contributed by atoms with Crippen LogP contribution < -0.4 is 5.32 Å². The zero-order valence-corrected chi connectivity index (χ0v) is 14.1. The van der Waals surface area contributed by atoms with Gasteiger partial charge in [-0.3, -0.25) is 4.79 Å². The molecule has 1 N–H and O–H groups in total. The van der Waals surface area contributed by atoms with Crippen LogP contribution in [0.5, 0.6) is 0 Å². The summed E-state index contributed by atoms with van der Waals surface area (Å²) in [5, 5.41) is 4.53. The molecule has 1 aromatic carbocycles. The lowest BCUT2D eigenvalue weighted by atomic mass is 9.93. The molecule has 1 amide bonds. The maximum atomic E-state index is 12.8. The average molecular weight is 343 g/mol. The van der Waals surface area contributed by atoms with Gasteiger partial charge in [-0.25, -0.2) is 0 Å². The van der Waals surface area contributed by atoms with E-state index in [0.29, 0.717) is 29.6 Å². The van der Waals surface area contributed by atoms with E-state index >= 15 is 0 Å². The van der Waals surface area contributed by atoms with Gasteiger partial charge in [0.2, 0.25) is 0 Å². The molecule has 0 aromatic heterocycles. The van der Waals surface area contributed by atoms with E-state index in [9.17, 15) is 4.79 Å². The Labute approximate surface area is 140 Å². The minimum atomic E-state index is -0.356. The molecule has 1 fully saturated rings. The smallest absolute Gasteiger partial charge is 0.252 e. The summed E-state index contributed by atoms with van der Waals surface area (Å²) in [5.41, 5.74) is 2.15. The lowest BCUT2D eigenvalue weighted by Crippen LogP contribution is -2.45. The molecule has 22 heavy (non-hydrogen) atoms. The van der Waals surface area contributed by atoms with Gasteiger partial charge in [-0.2, -0.15) is 0 Å². The lowest BCUT2D eigenvalue weighted by Gasteiger charge is -2.37. The van der Waals surface area contributed by atoms with Gasteiger partial charge in [0.1, 0.15) is 6.10 Å². The molecular formula is C16H20Cl2N2O2. The van der Waals surface area contributed by atoms with Crippen molar-refractivity contribution < 1.29 is 9.53 Å². The van der Waals surface area contributed by atoms with Crippen molar-refractivity contribution in [2.75, 3.05) is 26.2 Å². The molecule has 120 valence electrons. The van der Waals surface area contributed by atoms with Crippen LogP contribution in [0.25, 0.3) is 0 Å². The molecule has 2 heterocycles. The van der Waals surface area contributed by atoms with Crippen LogP contribution in [-0.4, -0.2) is 43.2 Å². The van der Waals surface area contributed by atoms with Gasteiger partial charge in [-0.05, 0) is 49.6 Å². The third-order valence-electron chi connectivity index (χ3n) is 4.43. The van der Waals surface area contributed by atoms with Crippen molar-refractivity contribution >= 4 is 29.1 Å². The Morgan fingerprint density at radius 3 is 3.00 bits per heavy atom.